The Morgan fingerprint density at radius 3 is 2.27 bits per heavy atom. The summed E-state index contributed by atoms with van der Waals surface area (Å²) in [6.07, 6.45) is 3.16. The molecular formula is C20H26ClNO4. The second kappa shape index (κ2) is 6.86. The molecule has 0 bridgehead atoms. The monoisotopic (exact) mass is 379 g/mol. The molecule has 0 radical (unpaired) electrons. The van der Waals surface area contributed by atoms with Crippen LogP contribution in [-0.4, -0.2) is 40.3 Å². The molecule has 1 saturated carbocycles. The van der Waals surface area contributed by atoms with Crippen LogP contribution in [0.2, 0.25) is 5.02 Å². The molecule has 2 fully saturated rings. The molecule has 1 aliphatic heterocycles. The standard InChI is InChI=1S/C20H26ClNO4/c1-19(2,3)14-8-10-20(11-9-14)22(16(12-26-20)18(24)25)17(23)13-4-6-15(21)7-5-13/h4-7,14,16H,8-12H2,1-3H3,(H,24,25)/t14?,16-,20?/m0/s1. The van der Waals surface area contributed by atoms with E-state index in [9.17, 15) is 14.7 Å². The number of hydrogen-bond acceptors (Lipinski definition) is 3. The van der Waals surface area contributed by atoms with Crippen molar-refractivity contribution in [1.29, 1.82) is 0 Å². The van der Waals surface area contributed by atoms with Gasteiger partial charge >= 0.3 is 5.97 Å². The maximum Gasteiger partial charge on any atom is 0.328 e. The second-order valence-corrected chi connectivity index (χ2v) is 8.87. The summed E-state index contributed by atoms with van der Waals surface area (Å²) in [6, 6.07) is 5.60. The van der Waals surface area contributed by atoms with E-state index in [2.05, 4.69) is 20.8 Å². The normalized spacial score (nSPS) is 29.2. The highest BCUT2D eigenvalue weighted by Gasteiger charge is 2.54. The van der Waals surface area contributed by atoms with Crippen molar-refractivity contribution < 1.29 is 19.4 Å². The Labute approximate surface area is 159 Å². The van der Waals surface area contributed by atoms with E-state index in [1.54, 1.807) is 24.3 Å². The molecular weight excluding hydrogens is 354 g/mol. The molecule has 2 aliphatic rings. The number of carbonyl (C=O) groups excluding carboxylic acids is 1. The number of carboxylic acids is 1. The van der Waals surface area contributed by atoms with Crippen LogP contribution in [-0.2, 0) is 9.53 Å². The van der Waals surface area contributed by atoms with E-state index in [4.69, 9.17) is 16.3 Å². The summed E-state index contributed by atoms with van der Waals surface area (Å²) in [4.78, 5) is 26.4. The smallest absolute Gasteiger partial charge is 0.328 e. The van der Waals surface area contributed by atoms with Crippen LogP contribution in [0.1, 0.15) is 56.8 Å². The molecule has 1 aliphatic carbocycles. The summed E-state index contributed by atoms with van der Waals surface area (Å²) < 4.78 is 5.99. The summed E-state index contributed by atoms with van der Waals surface area (Å²) in [7, 11) is 0. The van der Waals surface area contributed by atoms with Crippen molar-refractivity contribution in [2.45, 2.75) is 58.2 Å². The van der Waals surface area contributed by atoms with Crippen molar-refractivity contribution in [3.63, 3.8) is 0 Å². The summed E-state index contributed by atoms with van der Waals surface area (Å²) >= 11 is 5.91. The maximum absolute atomic E-state index is 13.2. The zero-order valence-corrected chi connectivity index (χ0v) is 16.3. The minimum absolute atomic E-state index is 0.0366. The lowest BCUT2D eigenvalue weighted by atomic mass is 9.70. The summed E-state index contributed by atoms with van der Waals surface area (Å²) in [5.74, 6) is -0.795. The number of benzene rings is 1. The van der Waals surface area contributed by atoms with Crippen molar-refractivity contribution >= 4 is 23.5 Å². The van der Waals surface area contributed by atoms with Gasteiger partial charge in [0.1, 0.15) is 5.72 Å². The van der Waals surface area contributed by atoms with Crippen LogP contribution in [0.5, 0.6) is 0 Å². The van der Waals surface area contributed by atoms with Gasteiger partial charge in [-0.25, -0.2) is 4.79 Å². The largest absolute Gasteiger partial charge is 0.480 e. The quantitative estimate of drug-likeness (QED) is 0.836. The SMILES string of the molecule is CC(C)(C)C1CCC2(CC1)OC[C@@H](C(=O)O)N2C(=O)c1ccc(Cl)cc1. The molecule has 5 nitrogen and oxygen atoms in total. The highest BCUT2D eigenvalue weighted by Crippen LogP contribution is 2.47. The zero-order chi connectivity index (χ0) is 19.1. The van der Waals surface area contributed by atoms with Gasteiger partial charge in [-0.3, -0.25) is 9.69 Å². The third-order valence-electron chi connectivity index (χ3n) is 5.85. The fourth-order valence-corrected chi connectivity index (χ4v) is 4.35. The third-order valence-corrected chi connectivity index (χ3v) is 6.10. The Hall–Kier alpha value is -1.59. The van der Waals surface area contributed by atoms with E-state index in [0.29, 0.717) is 29.3 Å². The van der Waals surface area contributed by atoms with E-state index in [1.807, 2.05) is 0 Å². The molecule has 0 unspecified atom stereocenters. The van der Waals surface area contributed by atoms with Crippen LogP contribution < -0.4 is 0 Å². The van der Waals surface area contributed by atoms with Crippen LogP contribution in [0.3, 0.4) is 0 Å². The van der Waals surface area contributed by atoms with E-state index in [0.717, 1.165) is 12.8 Å². The van der Waals surface area contributed by atoms with Crippen LogP contribution in [0.15, 0.2) is 24.3 Å². The van der Waals surface area contributed by atoms with Crippen molar-refractivity contribution in [3.8, 4) is 0 Å². The first-order valence-electron chi connectivity index (χ1n) is 9.10. The van der Waals surface area contributed by atoms with E-state index < -0.39 is 17.7 Å². The number of amides is 1. The van der Waals surface area contributed by atoms with Gasteiger partial charge in [-0.1, -0.05) is 32.4 Å². The molecule has 1 N–H and O–H groups in total. The van der Waals surface area contributed by atoms with Gasteiger partial charge in [0.2, 0.25) is 0 Å². The number of carboxylic acid groups (broad SMARTS) is 1. The lowest BCUT2D eigenvalue weighted by molar-refractivity contribution is -0.144. The fraction of sp³-hybridized carbons (Fsp3) is 0.600. The predicted molar refractivity (Wildman–Crippen MR) is 99.1 cm³/mol. The Morgan fingerprint density at radius 1 is 1.19 bits per heavy atom. The molecule has 6 heteroatoms. The molecule has 142 valence electrons. The minimum Gasteiger partial charge on any atom is -0.480 e. The van der Waals surface area contributed by atoms with Crippen molar-refractivity contribution in [1.82, 2.24) is 4.90 Å². The molecule has 1 saturated heterocycles. The zero-order valence-electron chi connectivity index (χ0n) is 15.5. The molecule has 1 heterocycles. The topological polar surface area (TPSA) is 66.8 Å². The van der Waals surface area contributed by atoms with Crippen LogP contribution >= 0.6 is 11.6 Å². The average Bonchev–Trinajstić information content (AvgIpc) is 2.93. The molecule has 1 amide bonds. The molecule has 1 aromatic carbocycles. The van der Waals surface area contributed by atoms with Crippen LogP contribution in [0.25, 0.3) is 0 Å². The molecule has 1 atom stereocenters. The number of ether oxygens (including phenoxy) is 1. The average molecular weight is 380 g/mol. The second-order valence-electron chi connectivity index (χ2n) is 8.43. The fourth-order valence-electron chi connectivity index (χ4n) is 4.22. The van der Waals surface area contributed by atoms with Crippen molar-refractivity contribution in [2.75, 3.05) is 6.61 Å². The molecule has 26 heavy (non-hydrogen) atoms. The maximum atomic E-state index is 13.2. The van der Waals surface area contributed by atoms with Gasteiger partial charge in [-0.15, -0.1) is 0 Å². The van der Waals surface area contributed by atoms with E-state index >= 15 is 0 Å². The first-order chi connectivity index (χ1) is 12.1. The molecule has 0 aromatic heterocycles. The highest BCUT2D eigenvalue weighted by molar-refractivity contribution is 6.30. The van der Waals surface area contributed by atoms with Crippen molar-refractivity contribution in [2.24, 2.45) is 11.3 Å². The van der Waals surface area contributed by atoms with Gasteiger partial charge in [0.15, 0.2) is 6.04 Å². The van der Waals surface area contributed by atoms with Gasteiger partial charge < -0.3 is 9.84 Å². The number of carbonyl (C=O) groups is 2. The Morgan fingerprint density at radius 2 is 1.77 bits per heavy atom. The number of halogens is 1. The summed E-state index contributed by atoms with van der Waals surface area (Å²) in [6.45, 7) is 6.71. The van der Waals surface area contributed by atoms with Gasteiger partial charge in [0.25, 0.3) is 5.91 Å². The third kappa shape index (κ3) is 3.47. The lowest BCUT2D eigenvalue weighted by Crippen LogP contribution is -2.55. The minimum atomic E-state index is -1.03. The highest BCUT2D eigenvalue weighted by atomic mass is 35.5. The summed E-state index contributed by atoms with van der Waals surface area (Å²) in [5.41, 5.74) is -0.192. The van der Waals surface area contributed by atoms with Crippen LogP contribution in [0.4, 0.5) is 0 Å². The van der Waals surface area contributed by atoms with Gasteiger partial charge in [-0.05, 0) is 61.3 Å². The number of nitrogens with zero attached hydrogens (tertiary/aromatic N) is 1. The van der Waals surface area contributed by atoms with Crippen molar-refractivity contribution in [3.05, 3.63) is 34.9 Å². The van der Waals surface area contributed by atoms with E-state index in [-0.39, 0.29) is 17.9 Å². The molecule has 1 aromatic rings. The predicted octanol–water partition coefficient (Wildman–Crippen LogP) is 4.20. The van der Waals surface area contributed by atoms with Gasteiger partial charge in [0, 0.05) is 10.6 Å². The number of rotatable bonds is 2. The Balaban J connectivity index is 1.89. The summed E-state index contributed by atoms with van der Waals surface area (Å²) in [5, 5.41) is 10.2. The Bertz CT molecular complexity index is 687. The number of hydrogen-bond donors (Lipinski definition) is 1. The van der Waals surface area contributed by atoms with Gasteiger partial charge in [0.05, 0.1) is 6.61 Å². The molecule has 3 rings (SSSR count). The van der Waals surface area contributed by atoms with E-state index in [1.165, 1.54) is 4.90 Å². The first-order valence-corrected chi connectivity index (χ1v) is 9.48. The molecule has 1 spiro atoms. The first kappa shape index (κ1) is 19.2. The van der Waals surface area contributed by atoms with Crippen LogP contribution in [0, 0.1) is 11.3 Å². The number of aliphatic carboxylic acids is 1. The van der Waals surface area contributed by atoms with Gasteiger partial charge in [-0.2, -0.15) is 0 Å². The Kier molecular flexibility index (Phi) is 5.06. The lowest BCUT2D eigenvalue weighted by Gasteiger charge is -2.46.